The zero-order chi connectivity index (χ0) is 14.7. The molecule has 120 valence electrons. The van der Waals surface area contributed by atoms with Gasteiger partial charge in [0.15, 0.2) is 5.82 Å². The fourth-order valence-electron chi connectivity index (χ4n) is 2.74. The molecule has 1 heterocycles. The third-order valence-electron chi connectivity index (χ3n) is 4.04. The molecule has 0 saturated heterocycles. The summed E-state index contributed by atoms with van der Waals surface area (Å²) in [7, 11) is 0. The highest BCUT2D eigenvalue weighted by Crippen LogP contribution is 2.35. The Morgan fingerprint density at radius 2 is 1.91 bits per heavy atom. The van der Waals surface area contributed by atoms with Crippen LogP contribution in [0.5, 0.6) is 0 Å². The van der Waals surface area contributed by atoms with Gasteiger partial charge in [-0.05, 0) is 36.3 Å². The summed E-state index contributed by atoms with van der Waals surface area (Å²) in [6.45, 7) is 2.17. The average Bonchev–Trinajstić information content (AvgIpc) is 3.15. The van der Waals surface area contributed by atoms with Crippen LogP contribution in [0.25, 0.3) is 11.5 Å². The van der Waals surface area contributed by atoms with Crippen molar-refractivity contribution in [1.82, 2.24) is 10.1 Å². The largest absolute Gasteiger partial charge is 0.334 e. The minimum Gasteiger partial charge on any atom is -0.334 e. The lowest BCUT2D eigenvalue weighted by atomic mass is 9.99. The Hall–Kier alpha value is -1.04. The molecule has 6 heteroatoms. The van der Waals surface area contributed by atoms with Crippen molar-refractivity contribution < 1.29 is 4.52 Å². The number of nitrogens with zero attached hydrogens (tertiary/aromatic N) is 2. The van der Waals surface area contributed by atoms with Crippen molar-refractivity contribution in [2.45, 2.75) is 43.9 Å². The molecule has 0 unspecified atom stereocenters. The van der Waals surface area contributed by atoms with Crippen LogP contribution in [-0.4, -0.2) is 15.9 Å². The first-order valence-corrected chi connectivity index (χ1v) is 8.67. The molecule has 0 bridgehead atoms. The topological polar surface area (TPSA) is 64.9 Å². The minimum atomic E-state index is -0.389. The highest BCUT2D eigenvalue weighted by atomic mass is 35.5. The number of hydrogen-bond donors (Lipinski definition) is 1. The molecule has 1 aliphatic rings. The van der Waals surface area contributed by atoms with Gasteiger partial charge in [-0.2, -0.15) is 16.7 Å². The molecule has 1 aromatic carbocycles. The van der Waals surface area contributed by atoms with Crippen LogP contribution in [0.3, 0.4) is 0 Å². The van der Waals surface area contributed by atoms with E-state index in [1.54, 1.807) is 0 Å². The van der Waals surface area contributed by atoms with E-state index in [-0.39, 0.29) is 17.9 Å². The highest BCUT2D eigenvalue weighted by Gasteiger charge is 2.36. The molecule has 0 spiro atoms. The van der Waals surface area contributed by atoms with Crippen molar-refractivity contribution in [2.75, 3.05) is 5.75 Å². The molecule has 4 nitrogen and oxygen atoms in total. The number of thioether (sulfide) groups is 1. The van der Waals surface area contributed by atoms with Gasteiger partial charge in [-0.15, -0.1) is 12.4 Å². The first-order valence-electron chi connectivity index (χ1n) is 7.51. The van der Waals surface area contributed by atoms with Gasteiger partial charge in [0.2, 0.25) is 0 Å². The third kappa shape index (κ3) is 3.65. The minimum absolute atomic E-state index is 0. The highest BCUT2D eigenvalue weighted by molar-refractivity contribution is 7.98. The molecule has 0 aliphatic heterocycles. The predicted molar refractivity (Wildman–Crippen MR) is 93.2 cm³/mol. The number of nitrogens with two attached hydrogens (primary N) is 1. The molecule has 1 saturated carbocycles. The Bertz CT molecular complexity index is 594. The molecule has 1 aromatic heterocycles. The summed E-state index contributed by atoms with van der Waals surface area (Å²) in [4.78, 5) is 4.52. The Morgan fingerprint density at radius 3 is 2.55 bits per heavy atom. The first-order chi connectivity index (χ1) is 10.2. The summed E-state index contributed by atoms with van der Waals surface area (Å²) in [5.74, 6) is 3.39. The number of hydrogen-bond acceptors (Lipinski definition) is 5. The van der Waals surface area contributed by atoms with E-state index in [0.717, 1.165) is 42.8 Å². The Labute approximate surface area is 141 Å². The standard InChI is InChI=1S/C16H21N3OS.ClH/c1-2-21-11-12-5-7-13(8-6-12)14-18-15(19-20-14)16(17)9-3-4-10-16;/h5-8H,2-4,9-11,17H2,1H3;1H. The number of halogens is 1. The lowest BCUT2D eigenvalue weighted by Crippen LogP contribution is -2.34. The summed E-state index contributed by atoms with van der Waals surface area (Å²) in [6, 6.07) is 8.33. The maximum Gasteiger partial charge on any atom is 0.257 e. The van der Waals surface area contributed by atoms with Gasteiger partial charge in [0.25, 0.3) is 5.89 Å². The lowest BCUT2D eigenvalue weighted by molar-refractivity contribution is 0.372. The second-order valence-electron chi connectivity index (χ2n) is 5.62. The van der Waals surface area contributed by atoms with Gasteiger partial charge in [0.05, 0.1) is 5.54 Å². The fourth-order valence-corrected chi connectivity index (χ4v) is 3.37. The number of benzene rings is 1. The summed E-state index contributed by atoms with van der Waals surface area (Å²) in [5.41, 5.74) is 8.25. The molecule has 2 N–H and O–H groups in total. The van der Waals surface area contributed by atoms with Crippen molar-refractivity contribution in [3.8, 4) is 11.5 Å². The molecule has 2 aromatic rings. The summed E-state index contributed by atoms with van der Waals surface area (Å²) < 4.78 is 5.40. The van der Waals surface area contributed by atoms with Crippen molar-refractivity contribution in [1.29, 1.82) is 0 Å². The lowest BCUT2D eigenvalue weighted by Gasteiger charge is -2.17. The molecular weight excluding hydrogens is 318 g/mol. The van der Waals surface area contributed by atoms with E-state index in [1.165, 1.54) is 5.56 Å². The fraction of sp³-hybridized carbons (Fsp3) is 0.500. The zero-order valence-electron chi connectivity index (χ0n) is 12.7. The van der Waals surface area contributed by atoms with Gasteiger partial charge in [-0.25, -0.2) is 0 Å². The smallest absolute Gasteiger partial charge is 0.257 e. The van der Waals surface area contributed by atoms with Crippen molar-refractivity contribution >= 4 is 24.2 Å². The van der Waals surface area contributed by atoms with Crippen LogP contribution in [0, 0.1) is 0 Å². The normalized spacial score (nSPS) is 16.5. The van der Waals surface area contributed by atoms with Crippen molar-refractivity contribution in [2.24, 2.45) is 5.73 Å². The van der Waals surface area contributed by atoms with Crippen LogP contribution >= 0.6 is 24.2 Å². The van der Waals surface area contributed by atoms with E-state index in [0.29, 0.717) is 11.7 Å². The first kappa shape index (κ1) is 17.3. The summed E-state index contributed by atoms with van der Waals surface area (Å²) in [5, 5.41) is 4.10. The molecule has 3 rings (SSSR count). The summed E-state index contributed by atoms with van der Waals surface area (Å²) >= 11 is 1.92. The number of aromatic nitrogens is 2. The van der Waals surface area contributed by atoms with Crippen molar-refractivity contribution in [3.05, 3.63) is 35.7 Å². The third-order valence-corrected chi connectivity index (χ3v) is 4.99. The molecule has 0 radical (unpaired) electrons. The van der Waals surface area contributed by atoms with Gasteiger partial charge >= 0.3 is 0 Å². The SMILES string of the molecule is CCSCc1ccc(-c2nc(C3(N)CCCC3)no2)cc1.Cl. The van der Waals surface area contributed by atoms with Crippen LogP contribution in [0.4, 0.5) is 0 Å². The molecule has 1 fully saturated rings. The van der Waals surface area contributed by atoms with Crippen LogP contribution in [0.1, 0.15) is 44.0 Å². The van der Waals surface area contributed by atoms with E-state index < -0.39 is 0 Å². The van der Waals surface area contributed by atoms with Gasteiger partial charge in [-0.3, -0.25) is 0 Å². The molecule has 1 aliphatic carbocycles. The maximum absolute atomic E-state index is 6.36. The van der Waals surface area contributed by atoms with Crippen LogP contribution < -0.4 is 5.73 Å². The Balaban J connectivity index is 0.00000176. The summed E-state index contributed by atoms with van der Waals surface area (Å²) in [6.07, 6.45) is 4.17. The second kappa shape index (κ2) is 7.49. The van der Waals surface area contributed by atoms with E-state index in [1.807, 2.05) is 23.9 Å². The second-order valence-corrected chi connectivity index (χ2v) is 6.89. The van der Waals surface area contributed by atoms with Gasteiger partial charge < -0.3 is 10.3 Å². The maximum atomic E-state index is 6.36. The van der Waals surface area contributed by atoms with Crippen LogP contribution in [0.15, 0.2) is 28.8 Å². The van der Waals surface area contributed by atoms with Crippen LogP contribution in [-0.2, 0) is 11.3 Å². The van der Waals surface area contributed by atoms with E-state index >= 15 is 0 Å². The Kier molecular flexibility index (Phi) is 5.89. The molecule has 22 heavy (non-hydrogen) atoms. The molecular formula is C16H22ClN3OS. The van der Waals surface area contributed by atoms with E-state index in [2.05, 4.69) is 29.2 Å². The quantitative estimate of drug-likeness (QED) is 0.886. The van der Waals surface area contributed by atoms with Crippen LogP contribution in [0.2, 0.25) is 0 Å². The number of rotatable bonds is 5. The van der Waals surface area contributed by atoms with E-state index in [4.69, 9.17) is 10.3 Å². The molecule has 0 amide bonds. The van der Waals surface area contributed by atoms with Crippen molar-refractivity contribution in [3.63, 3.8) is 0 Å². The zero-order valence-corrected chi connectivity index (χ0v) is 14.4. The van der Waals surface area contributed by atoms with Gasteiger partial charge in [0.1, 0.15) is 0 Å². The predicted octanol–water partition coefficient (Wildman–Crippen LogP) is 4.14. The average molecular weight is 340 g/mol. The monoisotopic (exact) mass is 339 g/mol. The molecule has 0 atom stereocenters. The van der Waals surface area contributed by atoms with E-state index in [9.17, 15) is 0 Å². The van der Waals surface area contributed by atoms with Gasteiger partial charge in [-0.1, -0.05) is 37.1 Å². The van der Waals surface area contributed by atoms with Gasteiger partial charge in [0, 0.05) is 11.3 Å². The Morgan fingerprint density at radius 1 is 1.23 bits per heavy atom.